The third-order valence-corrected chi connectivity index (χ3v) is 4.04. The van der Waals surface area contributed by atoms with Gasteiger partial charge in [0.1, 0.15) is 5.75 Å². The Morgan fingerprint density at radius 3 is 2.96 bits per heavy atom. The van der Waals surface area contributed by atoms with Gasteiger partial charge in [-0.25, -0.2) is 4.98 Å². The summed E-state index contributed by atoms with van der Waals surface area (Å²) in [4.78, 5) is 4.16. The summed E-state index contributed by atoms with van der Waals surface area (Å²) in [6, 6.07) is 7.19. The minimum absolute atomic E-state index is 0.136. The molecule has 0 unspecified atom stereocenters. The molecule has 0 saturated heterocycles. The van der Waals surface area contributed by atoms with Crippen molar-refractivity contribution in [2.45, 2.75) is 26.0 Å². The Bertz CT molecular complexity index is 730. The Balaban J connectivity index is 1.90. The molecule has 2 heterocycles. The molecule has 2 aromatic heterocycles. The van der Waals surface area contributed by atoms with Crippen LogP contribution in [0.15, 0.2) is 47.3 Å². The summed E-state index contributed by atoms with van der Waals surface area (Å²) >= 11 is 3.43. The van der Waals surface area contributed by atoms with Gasteiger partial charge in [-0.3, -0.25) is 4.68 Å². The fourth-order valence-corrected chi connectivity index (χ4v) is 2.34. The summed E-state index contributed by atoms with van der Waals surface area (Å²) in [5.74, 6) is 1.62. The van der Waals surface area contributed by atoms with Crippen molar-refractivity contribution in [1.82, 2.24) is 20.0 Å². The van der Waals surface area contributed by atoms with E-state index in [1.165, 1.54) is 12.8 Å². The maximum absolute atomic E-state index is 9.36. The van der Waals surface area contributed by atoms with E-state index in [2.05, 4.69) is 31.2 Å². The highest BCUT2D eigenvalue weighted by Crippen LogP contribution is 2.30. The Morgan fingerprint density at radius 1 is 1.30 bits per heavy atom. The number of aliphatic hydroxyl groups is 1. The van der Waals surface area contributed by atoms with Crippen molar-refractivity contribution in [1.29, 1.82) is 0 Å². The second-order valence-corrected chi connectivity index (χ2v) is 6.20. The summed E-state index contributed by atoms with van der Waals surface area (Å²) in [6.45, 7) is 0.743. The van der Waals surface area contributed by atoms with E-state index in [-0.39, 0.29) is 6.61 Å². The Morgan fingerprint density at radius 2 is 2.17 bits per heavy atom. The van der Waals surface area contributed by atoms with Gasteiger partial charge >= 0.3 is 0 Å². The highest BCUT2D eigenvalue weighted by Gasteiger charge is 2.21. The molecule has 1 N–H and O–H groups in total. The quantitative estimate of drug-likeness (QED) is 0.866. The van der Waals surface area contributed by atoms with Gasteiger partial charge in [-0.15, -0.1) is 5.10 Å². The largest absolute Gasteiger partial charge is 0.437 e. The summed E-state index contributed by atoms with van der Waals surface area (Å²) in [5.41, 5.74) is 0.620. The molecule has 2 aromatic rings. The topological polar surface area (TPSA) is 73.1 Å². The molecule has 0 spiro atoms. The first kappa shape index (κ1) is 15.9. The van der Waals surface area contributed by atoms with Gasteiger partial charge in [-0.05, 0) is 59.0 Å². The Labute approximate surface area is 142 Å². The molecule has 1 aliphatic carbocycles. The monoisotopic (exact) mass is 376 g/mol. The maximum Gasteiger partial charge on any atom is 0.224 e. The molecule has 0 amide bonds. The zero-order chi connectivity index (χ0) is 16.1. The average Bonchev–Trinajstić information content (AvgIpc) is 3.36. The van der Waals surface area contributed by atoms with Gasteiger partial charge in [0.05, 0.1) is 17.3 Å². The number of hydrogen-bond acceptors (Lipinski definition) is 5. The van der Waals surface area contributed by atoms with E-state index in [0.29, 0.717) is 27.6 Å². The molecule has 7 heteroatoms. The number of rotatable bonds is 5. The highest BCUT2D eigenvalue weighted by atomic mass is 79.9. The molecule has 0 aliphatic heterocycles. The third kappa shape index (κ3) is 4.49. The SMILES string of the molecule is OCc1cccnc1Oc1cccn(CC2CC2)nncc1Br. The Hall–Kier alpha value is -1.99. The van der Waals surface area contributed by atoms with Crippen molar-refractivity contribution in [3.05, 3.63) is 52.9 Å². The van der Waals surface area contributed by atoms with Gasteiger partial charge in [-0.2, -0.15) is 0 Å². The number of aliphatic hydroxyl groups excluding tert-OH is 1. The van der Waals surface area contributed by atoms with Gasteiger partial charge in [0.25, 0.3) is 0 Å². The van der Waals surface area contributed by atoms with E-state index < -0.39 is 0 Å². The minimum Gasteiger partial charge on any atom is -0.437 e. The van der Waals surface area contributed by atoms with Gasteiger partial charge in [-0.1, -0.05) is 5.21 Å². The van der Waals surface area contributed by atoms with Crippen molar-refractivity contribution in [2.24, 2.45) is 5.92 Å². The molecule has 1 saturated carbocycles. The van der Waals surface area contributed by atoms with Crippen molar-refractivity contribution >= 4 is 15.9 Å². The van der Waals surface area contributed by atoms with Crippen LogP contribution in [0.25, 0.3) is 0 Å². The van der Waals surface area contributed by atoms with E-state index in [9.17, 15) is 5.11 Å². The van der Waals surface area contributed by atoms with Crippen molar-refractivity contribution in [3.8, 4) is 11.6 Å². The lowest BCUT2D eigenvalue weighted by molar-refractivity contribution is 0.275. The molecule has 6 nitrogen and oxygen atoms in total. The molecule has 3 rings (SSSR count). The van der Waals surface area contributed by atoms with Crippen LogP contribution in [0, 0.1) is 5.92 Å². The summed E-state index contributed by atoms with van der Waals surface area (Å²) < 4.78 is 8.29. The smallest absolute Gasteiger partial charge is 0.224 e. The number of nitrogens with zero attached hydrogens (tertiary/aromatic N) is 4. The number of aromatic nitrogens is 4. The third-order valence-electron chi connectivity index (χ3n) is 3.45. The normalized spacial score (nSPS) is 13.5. The van der Waals surface area contributed by atoms with Crippen molar-refractivity contribution in [2.75, 3.05) is 0 Å². The second kappa shape index (κ2) is 7.52. The van der Waals surface area contributed by atoms with Gasteiger partial charge in [0.15, 0.2) is 0 Å². The van der Waals surface area contributed by atoms with Crippen LogP contribution >= 0.6 is 15.9 Å². The fraction of sp³-hybridized carbons (Fsp3) is 0.312. The number of halogens is 1. The first-order valence-corrected chi connectivity index (χ1v) is 8.20. The zero-order valence-electron chi connectivity index (χ0n) is 12.5. The van der Waals surface area contributed by atoms with Crippen molar-refractivity contribution in [3.63, 3.8) is 0 Å². The molecule has 1 fully saturated rings. The van der Waals surface area contributed by atoms with Crippen molar-refractivity contribution < 1.29 is 9.84 Å². The predicted molar refractivity (Wildman–Crippen MR) is 88.3 cm³/mol. The van der Waals surface area contributed by atoms with E-state index in [0.717, 1.165) is 6.54 Å². The van der Waals surface area contributed by atoms with Gasteiger partial charge < -0.3 is 9.84 Å². The van der Waals surface area contributed by atoms with E-state index in [1.807, 2.05) is 23.0 Å². The van der Waals surface area contributed by atoms with E-state index in [4.69, 9.17) is 4.74 Å². The van der Waals surface area contributed by atoms with Crippen LogP contribution in [-0.4, -0.2) is 25.1 Å². The van der Waals surface area contributed by atoms with Gasteiger partial charge in [0, 0.05) is 24.5 Å². The van der Waals surface area contributed by atoms with Crippen LogP contribution in [0.2, 0.25) is 0 Å². The summed E-state index contributed by atoms with van der Waals surface area (Å²) in [5, 5.41) is 17.6. The van der Waals surface area contributed by atoms with Crippen LogP contribution in [0.4, 0.5) is 0 Å². The summed E-state index contributed by atoms with van der Waals surface area (Å²) in [7, 11) is 0. The molecule has 1 aliphatic rings. The first-order valence-electron chi connectivity index (χ1n) is 7.41. The molecule has 120 valence electrons. The lowest BCUT2D eigenvalue weighted by atomic mass is 10.3. The zero-order valence-corrected chi connectivity index (χ0v) is 14.1. The highest BCUT2D eigenvalue weighted by molar-refractivity contribution is 9.10. The molecular formula is C16H17BrN4O2. The molecule has 0 bridgehead atoms. The van der Waals surface area contributed by atoms with Crippen LogP contribution in [0.1, 0.15) is 18.4 Å². The molecule has 0 atom stereocenters. The Kier molecular flexibility index (Phi) is 5.19. The number of pyridine rings is 1. The lowest BCUT2D eigenvalue weighted by Crippen LogP contribution is -2.03. The van der Waals surface area contributed by atoms with E-state index >= 15 is 0 Å². The molecule has 0 aromatic carbocycles. The lowest BCUT2D eigenvalue weighted by Gasteiger charge is -2.07. The molecular weight excluding hydrogens is 360 g/mol. The van der Waals surface area contributed by atoms with Crippen LogP contribution in [0.5, 0.6) is 11.6 Å². The standard InChI is InChI=1S/C16H17BrN4O2/c17-14-9-19-20-21(10-12-5-6-12)8-2-4-15(14)23-16-13(11-22)3-1-7-18-16/h1-4,7-9,12,22H,5-6,10-11H2. The van der Waals surface area contributed by atoms with E-state index in [1.54, 1.807) is 24.5 Å². The molecule has 23 heavy (non-hydrogen) atoms. The summed E-state index contributed by atoms with van der Waals surface area (Å²) in [6.07, 6.45) is 7.59. The fourth-order valence-electron chi connectivity index (χ4n) is 2.03. The first-order chi connectivity index (χ1) is 11.3. The minimum atomic E-state index is -0.136. The van der Waals surface area contributed by atoms with Crippen LogP contribution < -0.4 is 4.74 Å². The maximum atomic E-state index is 9.36. The predicted octanol–water partition coefficient (Wildman–Crippen LogP) is 3.25. The number of ether oxygens (including phenoxy) is 1. The van der Waals surface area contributed by atoms with Crippen LogP contribution in [-0.2, 0) is 13.2 Å². The van der Waals surface area contributed by atoms with Crippen LogP contribution in [0.3, 0.4) is 0 Å². The second-order valence-electron chi connectivity index (χ2n) is 5.35. The molecule has 0 radical (unpaired) electrons. The number of hydrogen-bond donors (Lipinski definition) is 1. The average molecular weight is 377 g/mol. The van der Waals surface area contributed by atoms with Gasteiger partial charge in [0.2, 0.25) is 5.88 Å².